The van der Waals surface area contributed by atoms with Crippen LogP contribution in [0.5, 0.6) is 5.75 Å². The Morgan fingerprint density at radius 1 is 1.24 bits per heavy atom. The number of rotatable bonds is 1. The minimum absolute atomic E-state index is 0.204. The van der Waals surface area contributed by atoms with Gasteiger partial charge in [-0.2, -0.15) is 10.5 Å². The van der Waals surface area contributed by atoms with Crippen LogP contribution < -0.4 is 4.74 Å². The SMILES string of the molecule is COc1cccc2c1C(=C(C#N)C#N)CCC2. The zero-order valence-corrected chi connectivity index (χ0v) is 9.66. The highest BCUT2D eigenvalue weighted by Crippen LogP contribution is 2.38. The van der Waals surface area contributed by atoms with Gasteiger partial charge in [0.05, 0.1) is 7.11 Å². The summed E-state index contributed by atoms with van der Waals surface area (Å²) in [5.41, 5.74) is 3.14. The van der Waals surface area contributed by atoms with E-state index < -0.39 is 0 Å². The largest absolute Gasteiger partial charge is 0.496 e. The summed E-state index contributed by atoms with van der Waals surface area (Å²) in [6.07, 6.45) is 2.71. The third kappa shape index (κ3) is 1.88. The second-order valence-corrected chi connectivity index (χ2v) is 3.93. The van der Waals surface area contributed by atoms with E-state index in [1.807, 2.05) is 30.3 Å². The van der Waals surface area contributed by atoms with Crippen molar-refractivity contribution in [2.45, 2.75) is 19.3 Å². The first kappa shape index (κ1) is 11.2. The van der Waals surface area contributed by atoms with Gasteiger partial charge in [0.15, 0.2) is 0 Å². The van der Waals surface area contributed by atoms with Gasteiger partial charge >= 0.3 is 0 Å². The highest BCUT2D eigenvalue weighted by atomic mass is 16.5. The number of benzene rings is 1. The van der Waals surface area contributed by atoms with Crippen LogP contribution in [0.15, 0.2) is 23.8 Å². The second-order valence-electron chi connectivity index (χ2n) is 3.93. The maximum Gasteiger partial charge on any atom is 0.133 e. The molecule has 1 aromatic rings. The number of allylic oxidation sites excluding steroid dienone is 2. The smallest absolute Gasteiger partial charge is 0.133 e. The van der Waals surface area contributed by atoms with Crippen molar-refractivity contribution < 1.29 is 4.74 Å². The monoisotopic (exact) mass is 224 g/mol. The van der Waals surface area contributed by atoms with Crippen LogP contribution in [0.4, 0.5) is 0 Å². The summed E-state index contributed by atoms with van der Waals surface area (Å²) in [6.45, 7) is 0. The fourth-order valence-corrected chi connectivity index (χ4v) is 2.29. The molecule has 1 aliphatic rings. The van der Waals surface area contributed by atoms with Crippen molar-refractivity contribution in [3.63, 3.8) is 0 Å². The molecule has 3 heteroatoms. The van der Waals surface area contributed by atoms with Gasteiger partial charge in [-0.05, 0) is 36.5 Å². The highest BCUT2D eigenvalue weighted by molar-refractivity contribution is 5.81. The van der Waals surface area contributed by atoms with E-state index in [9.17, 15) is 0 Å². The van der Waals surface area contributed by atoms with Gasteiger partial charge in [-0.3, -0.25) is 0 Å². The summed E-state index contributed by atoms with van der Waals surface area (Å²) in [5, 5.41) is 18.0. The van der Waals surface area contributed by atoms with Crippen molar-refractivity contribution in [2.75, 3.05) is 7.11 Å². The topological polar surface area (TPSA) is 56.8 Å². The lowest BCUT2D eigenvalue weighted by Crippen LogP contribution is -2.05. The van der Waals surface area contributed by atoms with Crippen LogP contribution in [0, 0.1) is 22.7 Å². The van der Waals surface area contributed by atoms with Crippen LogP contribution in [-0.4, -0.2) is 7.11 Å². The molecule has 1 aromatic carbocycles. The van der Waals surface area contributed by atoms with Crippen LogP contribution in [-0.2, 0) is 6.42 Å². The molecule has 3 nitrogen and oxygen atoms in total. The van der Waals surface area contributed by atoms with E-state index >= 15 is 0 Å². The maximum atomic E-state index is 9.00. The standard InChI is InChI=1S/C14H12N2O/c1-17-13-7-3-5-10-4-2-6-12(14(10)13)11(8-15)9-16/h3,5,7H,2,4,6H2,1H3. The van der Waals surface area contributed by atoms with Crippen molar-refractivity contribution >= 4 is 5.57 Å². The average Bonchev–Trinajstić information content (AvgIpc) is 2.39. The van der Waals surface area contributed by atoms with Gasteiger partial charge in [0, 0.05) is 5.56 Å². The molecular weight excluding hydrogens is 212 g/mol. The van der Waals surface area contributed by atoms with Gasteiger partial charge < -0.3 is 4.74 Å². The highest BCUT2D eigenvalue weighted by Gasteiger charge is 2.21. The molecule has 2 rings (SSSR count). The zero-order chi connectivity index (χ0) is 12.3. The molecule has 0 heterocycles. The molecular formula is C14H12N2O. The number of aryl methyl sites for hydroxylation is 1. The molecule has 0 radical (unpaired) electrons. The van der Waals surface area contributed by atoms with E-state index in [2.05, 4.69) is 0 Å². The summed E-state index contributed by atoms with van der Waals surface area (Å²) < 4.78 is 5.33. The Morgan fingerprint density at radius 3 is 2.65 bits per heavy atom. The molecule has 0 N–H and O–H groups in total. The first-order valence-corrected chi connectivity index (χ1v) is 5.51. The number of nitriles is 2. The molecule has 0 amide bonds. The Labute approximate surface area is 101 Å². The molecule has 0 spiro atoms. The fraction of sp³-hybridized carbons (Fsp3) is 0.286. The second kappa shape index (κ2) is 4.72. The van der Waals surface area contributed by atoms with Gasteiger partial charge in [0.25, 0.3) is 0 Å². The molecule has 0 saturated heterocycles. The number of methoxy groups -OCH3 is 1. The van der Waals surface area contributed by atoms with E-state index in [-0.39, 0.29) is 5.57 Å². The van der Waals surface area contributed by atoms with E-state index in [4.69, 9.17) is 15.3 Å². The average molecular weight is 224 g/mol. The predicted molar refractivity (Wildman–Crippen MR) is 64.1 cm³/mol. The van der Waals surface area contributed by atoms with Crippen LogP contribution >= 0.6 is 0 Å². The lowest BCUT2D eigenvalue weighted by atomic mass is 9.84. The first-order chi connectivity index (χ1) is 8.31. The number of hydrogen-bond acceptors (Lipinski definition) is 3. The Hall–Kier alpha value is -2.26. The molecule has 0 bridgehead atoms. The van der Waals surface area contributed by atoms with Crippen LogP contribution in [0.25, 0.3) is 5.57 Å². The fourth-order valence-electron chi connectivity index (χ4n) is 2.29. The third-order valence-corrected chi connectivity index (χ3v) is 3.03. The maximum absolute atomic E-state index is 9.00. The summed E-state index contributed by atoms with van der Waals surface area (Å²) >= 11 is 0. The minimum Gasteiger partial charge on any atom is -0.496 e. The van der Waals surface area contributed by atoms with Crippen molar-refractivity contribution in [1.82, 2.24) is 0 Å². The number of hydrogen-bond donors (Lipinski definition) is 0. The Kier molecular flexibility index (Phi) is 3.12. The molecule has 84 valence electrons. The minimum atomic E-state index is 0.204. The Bertz CT molecular complexity index is 528. The predicted octanol–water partition coefficient (Wildman–Crippen LogP) is 2.83. The van der Waals surface area contributed by atoms with E-state index in [1.54, 1.807) is 7.11 Å². The number of nitrogens with zero attached hydrogens (tertiary/aromatic N) is 2. The summed E-state index contributed by atoms with van der Waals surface area (Å²) in [4.78, 5) is 0. The third-order valence-electron chi connectivity index (χ3n) is 3.03. The lowest BCUT2D eigenvalue weighted by Gasteiger charge is -2.21. The summed E-state index contributed by atoms with van der Waals surface area (Å²) in [6, 6.07) is 9.80. The van der Waals surface area contributed by atoms with Crippen LogP contribution in [0.3, 0.4) is 0 Å². The quantitative estimate of drug-likeness (QED) is 0.689. The number of fused-ring (bicyclic) bond motifs is 1. The lowest BCUT2D eigenvalue weighted by molar-refractivity contribution is 0.412. The number of ether oxygens (including phenoxy) is 1. The molecule has 1 aliphatic carbocycles. The van der Waals surface area contributed by atoms with Gasteiger partial charge in [-0.25, -0.2) is 0 Å². The molecule has 0 saturated carbocycles. The Balaban J connectivity index is 2.71. The van der Waals surface area contributed by atoms with E-state index in [0.717, 1.165) is 41.7 Å². The first-order valence-electron chi connectivity index (χ1n) is 5.51. The van der Waals surface area contributed by atoms with E-state index in [0.29, 0.717) is 0 Å². The normalized spacial score (nSPS) is 13.2. The van der Waals surface area contributed by atoms with Crippen molar-refractivity contribution in [2.24, 2.45) is 0 Å². The van der Waals surface area contributed by atoms with Gasteiger partial charge in [-0.1, -0.05) is 12.1 Å². The molecule has 0 unspecified atom stereocenters. The molecule has 0 fully saturated rings. The molecule has 0 atom stereocenters. The van der Waals surface area contributed by atoms with Gasteiger partial charge in [0.1, 0.15) is 23.5 Å². The van der Waals surface area contributed by atoms with Crippen molar-refractivity contribution in [3.05, 3.63) is 34.9 Å². The Morgan fingerprint density at radius 2 is 2.00 bits per heavy atom. The molecule has 17 heavy (non-hydrogen) atoms. The summed E-state index contributed by atoms with van der Waals surface area (Å²) in [5.74, 6) is 0.750. The van der Waals surface area contributed by atoms with Crippen LogP contribution in [0.2, 0.25) is 0 Å². The van der Waals surface area contributed by atoms with Crippen molar-refractivity contribution in [1.29, 1.82) is 10.5 Å². The zero-order valence-electron chi connectivity index (χ0n) is 9.66. The van der Waals surface area contributed by atoms with E-state index in [1.165, 1.54) is 0 Å². The van der Waals surface area contributed by atoms with Gasteiger partial charge in [0.2, 0.25) is 0 Å². The van der Waals surface area contributed by atoms with Crippen LogP contribution in [0.1, 0.15) is 24.0 Å². The van der Waals surface area contributed by atoms with Gasteiger partial charge in [-0.15, -0.1) is 0 Å². The molecule has 0 aliphatic heterocycles. The summed E-state index contributed by atoms with van der Waals surface area (Å²) in [7, 11) is 1.61. The molecule has 0 aromatic heterocycles. The van der Waals surface area contributed by atoms with Crippen molar-refractivity contribution in [3.8, 4) is 17.9 Å².